The van der Waals surface area contributed by atoms with Crippen LogP contribution in [0.1, 0.15) is 43.0 Å². The molecule has 1 N–H and O–H groups in total. The predicted molar refractivity (Wildman–Crippen MR) is 117 cm³/mol. The van der Waals surface area contributed by atoms with Crippen molar-refractivity contribution < 1.29 is 4.79 Å². The van der Waals surface area contributed by atoms with E-state index in [-0.39, 0.29) is 17.5 Å². The van der Waals surface area contributed by atoms with E-state index in [0.717, 1.165) is 35.6 Å². The highest BCUT2D eigenvalue weighted by molar-refractivity contribution is 6.08. The normalized spacial score (nSPS) is 17.1. The Morgan fingerprint density at radius 3 is 2.77 bits per heavy atom. The Hall–Kier alpha value is -3.41. The van der Waals surface area contributed by atoms with Gasteiger partial charge in [0.2, 0.25) is 5.91 Å². The van der Waals surface area contributed by atoms with Gasteiger partial charge in [0.25, 0.3) is 5.56 Å². The van der Waals surface area contributed by atoms with Crippen molar-refractivity contribution in [3.8, 4) is 0 Å². The third-order valence-electron chi connectivity index (χ3n) is 6.26. The van der Waals surface area contributed by atoms with E-state index in [2.05, 4.69) is 22.5 Å². The third kappa shape index (κ3) is 2.83. The standard InChI is InChI=1S/C24H24N4O2/c1-15(23(29)26-20-12-7-9-16-8-3-4-10-17(16)20)28-21-13-6-5-11-18(21)19-14-25-27(2)24(30)22(19)28/h3-6,8,10-11,13-15,20H,7,9,12H2,1-2H3,(H,26,29)/t15-,20-/m1/s1. The molecule has 0 fully saturated rings. The number of aromatic nitrogens is 3. The molecule has 0 radical (unpaired) electrons. The van der Waals surface area contributed by atoms with Crippen LogP contribution in [0, 0.1) is 0 Å². The Kier molecular flexibility index (Phi) is 4.42. The maximum Gasteiger partial charge on any atom is 0.291 e. The summed E-state index contributed by atoms with van der Waals surface area (Å²) < 4.78 is 3.18. The largest absolute Gasteiger partial charge is 0.347 e. The molecule has 0 saturated carbocycles. The highest BCUT2D eigenvalue weighted by Crippen LogP contribution is 2.32. The molecule has 1 aliphatic carbocycles. The van der Waals surface area contributed by atoms with Crippen LogP contribution >= 0.6 is 0 Å². The van der Waals surface area contributed by atoms with E-state index >= 15 is 0 Å². The Morgan fingerprint density at radius 2 is 1.90 bits per heavy atom. The number of para-hydroxylation sites is 1. The van der Waals surface area contributed by atoms with Crippen molar-refractivity contribution in [2.45, 2.75) is 38.3 Å². The minimum atomic E-state index is -0.531. The Bertz CT molecular complexity index is 1330. The van der Waals surface area contributed by atoms with Crippen LogP contribution in [-0.4, -0.2) is 20.3 Å². The van der Waals surface area contributed by atoms with Crippen molar-refractivity contribution in [1.82, 2.24) is 19.7 Å². The van der Waals surface area contributed by atoms with Crippen molar-refractivity contribution in [3.63, 3.8) is 0 Å². The molecule has 1 amide bonds. The molecule has 2 atom stereocenters. The Labute approximate surface area is 174 Å². The van der Waals surface area contributed by atoms with Gasteiger partial charge in [0, 0.05) is 17.8 Å². The summed E-state index contributed by atoms with van der Waals surface area (Å²) in [5, 5.41) is 9.13. The van der Waals surface area contributed by atoms with Crippen LogP contribution in [0.5, 0.6) is 0 Å². The highest BCUT2D eigenvalue weighted by atomic mass is 16.2. The summed E-state index contributed by atoms with van der Waals surface area (Å²) in [7, 11) is 1.63. The molecule has 2 heterocycles. The molecule has 30 heavy (non-hydrogen) atoms. The van der Waals surface area contributed by atoms with Crippen molar-refractivity contribution in [2.24, 2.45) is 7.05 Å². The SMILES string of the molecule is C[C@H](C(=O)N[C@@H]1CCCc2ccccc21)n1c2ccccc2c2cnn(C)c(=O)c21. The van der Waals surface area contributed by atoms with E-state index < -0.39 is 6.04 Å². The molecular weight excluding hydrogens is 376 g/mol. The average molecular weight is 400 g/mol. The van der Waals surface area contributed by atoms with Gasteiger partial charge >= 0.3 is 0 Å². The summed E-state index contributed by atoms with van der Waals surface area (Å²) >= 11 is 0. The molecule has 2 aromatic carbocycles. The maximum absolute atomic E-state index is 13.3. The van der Waals surface area contributed by atoms with E-state index in [4.69, 9.17) is 0 Å². The quantitative estimate of drug-likeness (QED) is 0.571. The number of carbonyl (C=O) groups excluding carboxylic acids is 1. The zero-order chi connectivity index (χ0) is 20.8. The Balaban J connectivity index is 1.58. The number of hydrogen-bond donors (Lipinski definition) is 1. The number of hydrogen-bond acceptors (Lipinski definition) is 3. The average Bonchev–Trinajstić information content (AvgIpc) is 3.11. The van der Waals surface area contributed by atoms with Gasteiger partial charge in [-0.2, -0.15) is 5.10 Å². The molecule has 4 aromatic rings. The van der Waals surface area contributed by atoms with E-state index in [1.807, 2.05) is 47.9 Å². The second-order valence-corrected chi connectivity index (χ2v) is 8.05. The van der Waals surface area contributed by atoms with Crippen LogP contribution in [0.25, 0.3) is 21.8 Å². The molecule has 6 heteroatoms. The molecule has 0 aliphatic heterocycles. The van der Waals surface area contributed by atoms with E-state index in [1.165, 1.54) is 15.8 Å². The van der Waals surface area contributed by atoms with E-state index in [0.29, 0.717) is 5.52 Å². The topological polar surface area (TPSA) is 68.9 Å². The lowest BCUT2D eigenvalue weighted by atomic mass is 9.87. The summed E-state index contributed by atoms with van der Waals surface area (Å²) in [4.78, 5) is 26.3. The van der Waals surface area contributed by atoms with Gasteiger partial charge in [-0.25, -0.2) is 4.68 Å². The summed E-state index contributed by atoms with van der Waals surface area (Å²) in [5.74, 6) is -0.0850. The van der Waals surface area contributed by atoms with Gasteiger partial charge in [0.1, 0.15) is 11.6 Å². The monoisotopic (exact) mass is 400 g/mol. The first-order chi connectivity index (χ1) is 14.6. The van der Waals surface area contributed by atoms with Crippen LogP contribution in [-0.2, 0) is 18.3 Å². The fraction of sp³-hybridized carbons (Fsp3) is 0.292. The van der Waals surface area contributed by atoms with Crippen molar-refractivity contribution in [2.75, 3.05) is 0 Å². The molecule has 6 nitrogen and oxygen atoms in total. The lowest BCUT2D eigenvalue weighted by Crippen LogP contribution is -2.36. The summed E-state index contributed by atoms with van der Waals surface area (Å²) in [6.07, 6.45) is 4.73. The number of benzene rings is 2. The lowest BCUT2D eigenvalue weighted by Gasteiger charge is -2.28. The molecule has 2 aromatic heterocycles. The lowest BCUT2D eigenvalue weighted by molar-refractivity contribution is -0.124. The number of rotatable bonds is 3. The first-order valence-corrected chi connectivity index (χ1v) is 10.4. The molecule has 0 unspecified atom stereocenters. The van der Waals surface area contributed by atoms with Gasteiger partial charge in [-0.15, -0.1) is 0 Å². The van der Waals surface area contributed by atoms with Gasteiger partial charge < -0.3 is 9.88 Å². The third-order valence-corrected chi connectivity index (χ3v) is 6.26. The van der Waals surface area contributed by atoms with Crippen LogP contribution < -0.4 is 10.9 Å². The predicted octanol–water partition coefficient (Wildman–Crippen LogP) is 3.64. The second kappa shape index (κ2) is 7.13. The molecular formula is C24H24N4O2. The van der Waals surface area contributed by atoms with Crippen molar-refractivity contribution >= 4 is 27.7 Å². The smallest absolute Gasteiger partial charge is 0.291 e. The molecule has 0 bridgehead atoms. The molecule has 152 valence electrons. The van der Waals surface area contributed by atoms with Crippen molar-refractivity contribution in [1.29, 1.82) is 0 Å². The highest BCUT2D eigenvalue weighted by Gasteiger charge is 2.27. The number of amides is 1. The zero-order valence-corrected chi connectivity index (χ0v) is 17.1. The van der Waals surface area contributed by atoms with E-state index in [1.54, 1.807) is 13.2 Å². The Morgan fingerprint density at radius 1 is 1.13 bits per heavy atom. The minimum Gasteiger partial charge on any atom is -0.347 e. The van der Waals surface area contributed by atoms with Crippen LogP contribution in [0.15, 0.2) is 59.5 Å². The number of fused-ring (bicyclic) bond motifs is 4. The number of nitrogens with one attached hydrogen (secondary N) is 1. The molecule has 1 aliphatic rings. The summed E-state index contributed by atoms with van der Waals surface area (Å²) in [5.41, 5.74) is 3.68. The maximum atomic E-state index is 13.3. The number of carbonyl (C=O) groups is 1. The van der Waals surface area contributed by atoms with Gasteiger partial charge in [0.05, 0.1) is 17.8 Å². The fourth-order valence-corrected chi connectivity index (χ4v) is 4.70. The van der Waals surface area contributed by atoms with Gasteiger partial charge in [0.15, 0.2) is 0 Å². The second-order valence-electron chi connectivity index (χ2n) is 8.05. The molecule has 0 spiro atoms. The zero-order valence-electron chi connectivity index (χ0n) is 17.1. The van der Waals surface area contributed by atoms with Crippen LogP contribution in [0.2, 0.25) is 0 Å². The molecule has 5 rings (SSSR count). The molecule has 0 saturated heterocycles. The number of nitrogens with zero attached hydrogens (tertiary/aromatic N) is 3. The van der Waals surface area contributed by atoms with Gasteiger partial charge in [-0.1, -0.05) is 42.5 Å². The first-order valence-electron chi connectivity index (χ1n) is 10.4. The fourth-order valence-electron chi connectivity index (χ4n) is 4.70. The minimum absolute atomic E-state index is 0.00231. The van der Waals surface area contributed by atoms with Gasteiger partial charge in [-0.05, 0) is 43.4 Å². The number of aryl methyl sites for hydroxylation is 2. The van der Waals surface area contributed by atoms with Crippen molar-refractivity contribution in [3.05, 3.63) is 76.2 Å². The first kappa shape index (κ1) is 18.6. The van der Waals surface area contributed by atoms with Crippen LogP contribution in [0.3, 0.4) is 0 Å². The van der Waals surface area contributed by atoms with Crippen LogP contribution in [0.4, 0.5) is 0 Å². The summed E-state index contributed by atoms with van der Waals surface area (Å²) in [6.45, 7) is 1.86. The van der Waals surface area contributed by atoms with E-state index in [9.17, 15) is 9.59 Å². The summed E-state index contributed by atoms with van der Waals surface area (Å²) in [6, 6.07) is 15.6. The van der Waals surface area contributed by atoms with Gasteiger partial charge in [-0.3, -0.25) is 9.59 Å².